The van der Waals surface area contributed by atoms with Crippen LogP contribution in [0.15, 0.2) is 47.3 Å². The second-order valence-electron chi connectivity index (χ2n) is 8.07. The maximum absolute atomic E-state index is 15.0. The van der Waals surface area contributed by atoms with E-state index < -0.39 is 35.7 Å². The number of aliphatic carboxylic acids is 1. The third-order valence-electron chi connectivity index (χ3n) is 4.75. The van der Waals surface area contributed by atoms with Gasteiger partial charge in [0.2, 0.25) is 0 Å². The number of halogens is 2. The average Bonchev–Trinajstić information content (AvgIpc) is 2.68. The molecule has 0 bridgehead atoms. The summed E-state index contributed by atoms with van der Waals surface area (Å²) in [6.45, 7) is 4.25. The Balaban J connectivity index is 2.48. The molecule has 1 N–H and O–H groups in total. The molecule has 158 valence electrons. The van der Waals surface area contributed by atoms with Gasteiger partial charge in [0.15, 0.2) is 6.10 Å². The molecule has 3 aromatic rings. The standard InChI is InChI=1S/C23H23F2NO4/c1-23(2,3)30-20(22(28)29)19-18(16-10-9-13(12-24)11-17(16)25)14-7-5-6-8-15(14)21(27)26(19)4/h5-11,20H,12H2,1-4H3,(H,28,29). The highest BCUT2D eigenvalue weighted by Crippen LogP contribution is 2.38. The maximum atomic E-state index is 15.0. The van der Waals surface area contributed by atoms with Crippen LogP contribution in [0.25, 0.3) is 21.9 Å². The van der Waals surface area contributed by atoms with E-state index in [9.17, 15) is 19.1 Å². The van der Waals surface area contributed by atoms with E-state index >= 15 is 4.39 Å². The number of hydrogen-bond donors (Lipinski definition) is 1. The molecule has 1 atom stereocenters. The van der Waals surface area contributed by atoms with Gasteiger partial charge in [-0.1, -0.05) is 30.3 Å². The number of carboxylic acids is 1. The molecule has 0 aliphatic carbocycles. The smallest absolute Gasteiger partial charge is 0.339 e. The lowest BCUT2D eigenvalue weighted by Gasteiger charge is -2.28. The van der Waals surface area contributed by atoms with Gasteiger partial charge in [0, 0.05) is 23.6 Å². The van der Waals surface area contributed by atoms with Crippen molar-refractivity contribution in [2.45, 2.75) is 39.2 Å². The van der Waals surface area contributed by atoms with Crippen molar-refractivity contribution in [2.75, 3.05) is 0 Å². The number of benzene rings is 2. The summed E-state index contributed by atoms with van der Waals surface area (Å²) < 4.78 is 35.0. The Morgan fingerprint density at radius 1 is 1.17 bits per heavy atom. The van der Waals surface area contributed by atoms with Crippen molar-refractivity contribution in [3.8, 4) is 11.1 Å². The van der Waals surface area contributed by atoms with Gasteiger partial charge in [-0.15, -0.1) is 0 Å². The molecule has 0 aliphatic rings. The number of carbonyl (C=O) groups is 1. The Bertz CT molecular complexity index is 1180. The molecule has 0 spiro atoms. The number of fused-ring (bicyclic) bond motifs is 1. The normalized spacial score (nSPS) is 12.9. The van der Waals surface area contributed by atoms with Crippen LogP contribution in [0.1, 0.15) is 38.1 Å². The molecular weight excluding hydrogens is 392 g/mol. The fourth-order valence-electron chi connectivity index (χ4n) is 3.49. The van der Waals surface area contributed by atoms with E-state index in [-0.39, 0.29) is 22.4 Å². The third kappa shape index (κ3) is 3.98. The van der Waals surface area contributed by atoms with Crippen LogP contribution in [0.4, 0.5) is 8.78 Å². The van der Waals surface area contributed by atoms with Gasteiger partial charge >= 0.3 is 5.97 Å². The van der Waals surface area contributed by atoms with E-state index in [1.807, 2.05) is 0 Å². The molecule has 30 heavy (non-hydrogen) atoms. The first-order valence-electron chi connectivity index (χ1n) is 9.42. The number of hydrogen-bond acceptors (Lipinski definition) is 3. The highest BCUT2D eigenvalue weighted by molar-refractivity contribution is 5.99. The number of pyridine rings is 1. The number of rotatable bonds is 5. The van der Waals surface area contributed by atoms with Crippen molar-refractivity contribution in [1.29, 1.82) is 0 Å². The second-order valence-corrected chi connectivity index (χ2v) is 8.07. The SMILES string of the molecule is Cn1c(C(OC(C)(C)C)C(=O)O)c(-c2ccc(CF)cc2F)c2ccccc2c1=O. The zero-order chi connectivity index (χ0) is 22.2. The summed E-state index contributed by atoms with van der Waals surface area (Å²) >= 11 is 0. The second kappa shape index (κ2) is 7.99. The molecule has 0 aliphatic heterocycles. The molecule has 1 aromatic heterocycles. The summed E-state index contributed by atoms with van der Waals surface area (Å²) in [5.41, 5.74) is -0.793. The van der Waals surface area contributed by atoms with Gasteiger partial charge in [0.05, 0.1) is 11.3 Å². The highest BCUT2D eigenvalue weighted by atomic mass is 19.1. The number of ether oxygens (including phenoxy) is 1. The molecule has 3 rings (SSSR count). The topological polar surface area (TPSA) is 68.5 Å². The zero-order valence-electron chi connectivity index (χ0n) is 17.2. The van der Waals surface area contributed by atoms with Crippen LogP contribution in [0, 0.1) is 5.82 Å². The van der Waals surface area contributed by atoms with E-state index in [1.54, 1.807) is 45.0 Å². The Kier molecular flexibility index (Phi) is 5.76. The summed E-state index contributed by atoms with van der Waals surface area (Å²) in [5.74, 6) is -2.02. The Hall–Kier alpha value is -3.06. The fraction of sp³-hybridized carbons (Fsp3) is 0.304. The number of carboxylic acid groups (broad SMARTS) is 1. The van der Waals surface area contributed by atoms with Crippen LogP contribution in [-0.2, 0) is 23.3 Å². The van der Waals surface area contributed by atoms with Gasteiger partial charge in [-0.3, -0.25) is 4.79 Å². The molecule has 1 unspecified atom stereocenters. The molecule has 2 aromatic carbocycles. The predicted octanol–water partition coefficient (Wildman–Crippen LogP) is 4.75. The predicted molar refractivity (Wildman–Crippen MR) is 111 cm³/mol. The van der Waals surface area contributed by atoms with Crippen molar-refractivity contribution in [3.63, 3.8) is 0 Å². The Labute approximate surface area is 172 Å². The summed E-state index contributed by atoms with van der Waals surface area (Å²) in [6.07, 6.45) is -1.53. The van der Waals surface area contributed by atoms with Gasteiger partial charge in [-0.2, -0.15) is 0 Å². The van der Waals surface area contributed by atoms with Crippen LogP contribution in [0.2, 0.25) is 0 Å². The lowest BCUT2D eigenvalue weighted by atomic mass is 9.93. The molecule has 0 saturated carbocycles. The molecular formula is C23H23F2NO4. The third-order valence-corrected chi connectivity index (χ3v) is 4.75. The number of aromatic nitrogens is 1. The molecule has 0 radical (unpaired) electrons. The highest BCUT2D eigenvalue weighted by Gasteiger charge is 2.33. The Morgan fingerprint density at radius 2 is 1.80 bits per heavy atom. The summed E-state index contributed by atoms with van der Waals surface area (Å²) in [4.78, 5) is 25.1. The first kappa shape index (κ1) is 21.6. The van der Waals surface area contributed by atoms with E-state index in [4.69, 9.17) is 4.74 Å². The molecule has 0 amide bonds. The van der Waals surface area contributed by atoms with Crippen LogP contribution in [0.5, 0.6) is 0 Å². The summed E-state index contributed by atoms with van der Waals surface area (Å²) in [6, 6.07) is 10.5. The minimum atomic E-state index is -1.53. The van der Waals surface area contributed by atoms with Gasteiger partial charge in [0.25, 0.3) is 5.56 Å². The van der Waals surface area contributed by atoms with Crippen LogP contribution >= 0.6 is 0 Å². The van der Waals surface area contributed by atoms with Crippen LogP contribution in [0.3, 0.4) is 0 Å². The maximum Gasteiger partial charge on any atom is 0.339 e. The molecule has 0 saturated heterocycles. The quantitative estimate of drug-likeness (QED) is 0.653. The molecule has 7 heteroatoms. The van der Waals surface area contributed by atoms with Crippen LogP contribution < -0.4 is 5.56 Å². The Morgan fingerprint density at radius 3 is 2.33 bits per heavy atom. The van der Waals surface area contributed by atoms with Crippen LogP contribution in [-0.4, -0.2) is 21.2 Å². The molecule has 5 nitrogen and oxygen atoms in total. The summed E-state index contributed by atoms with van der Waals surface area (Å²) in [7, 11) is 1.43. The molecule has 1 heterocycles. The van der Waals surface area contributed by atoms with E-state index in [1.165, 1.54) is 23.7 Å². The monoisotopic (exact) mass is 415 g/mol. The van der Waals surface area contributed by atoms with Gasteiger partial charge in [-0.25, -0.2) is 13.6 Å². The van der Waals surface area contributed by atoms with E-state index in [0.29, 0.717) is 10.8 Å². The summed E-state index contributed by atoms with van der Waals surface area (Å²) in [5, 5.41) is 10.6. The van der Waals surface area contributed by atoms with E-state index in [0.717, 1.165) is 6.07 Å². The van der Waals surface area contributed by atoms with Gasteiger partial charge in [-0.05, 0) is 43.9 Å². The van der Waals surface area contributed by atoms with Gasteiger partial charge < -0.3 is 14.4 Å². The number of alkyl halides is 1. The van der Waals surface area contributed by atoms with Crippen molar-refractivity contribution in [3.05, 3.63) is 69.9 Å². The van der Waals surface area contributed by atoms with Crippen molar-refractivity contribution >= 4 is 16.7 Å². The number of nitrogens with zero attached hydrogens (tertiary/aromatic N) is 1. The van der Waals surface area contributed by atoms with Crippen molar-refractivity contribution in [2.24, 2.45) is 7.05 Å². The zero-order valence-corrected chi connectivity index (χ0v) is 17.2. The first-order chi connectivity index (χ1) is 14.0. The largest absolute Gasteiger partial charge is 0.479 e. The van der Waals surface area contributed by atoms with Crippen molar-refractivity contribution in [1.82, 2.24) is 4.57 Å². The average molecular weight is 415 g/mol. The van der Waals surface area contributed by atoms with Gasteiger partial charge in [0.1, 0.15) is 12.5 Å². The lowest BCUT2D eigenvalue weighted by molar-refractivity contribution is -0.161. The minimum Gasteiger partial charge on any atom is -0.479 e. The lowest BCUT2D eigenvalue weighted by Crippen LogP contribution is -2.33. The minimum absolute atomic E-state index is 0.0213. The van der Waals surface area contributed by atoms with Crippen molar-refractivity contribution < 1.29 is 23.4 Å². The fourth-order valence-corrected chi connectivity index (χ4v) is 3.49. The molecule has 0 fully saturated rings. The first-order valence-corrected chi connectivity index (χ1v) is 9.42. The van der Waals surface area contributed by atoms with E-state index in [2.05, 4.69) is 0 Å².